The number of aryl methyl sites for hydroxylation is 1. The summed E-state index contributed by atoms with van der Waals surface area (Å²) in [6.07, 6.45) is 0. The van der Waals surface area contributed by atoms with Gasteiger partial charge in [-0.2, -0.15) is 5.10 Å². The predicted molar refractivity (Wildman–Crippen MR) is 111 cm³/mol. The molecule has 8 heteroatoms. The van der Waals surface area contributed by atoms with Crippen LogP contribution in [0.3, 0.4) is 0 Å². The third-order valence-corrected chi connectivity index (χ3v) is 5.14. The largest absolute Gasteiger partial charge is 0.287 e. The van der Waals surface area contributed by atoms with Gasteiger partial charge in [-0.3, -0.25) is 25.5 Å². The van der Waals surface area contributed by atoms with Crippen molar-refractivity contribution in [2.24, 2.45) is 0 Å². The van der Waals surface area contributed by atoms with Crippen molar-refractivity contribution in [1.29, 1.82) is 0 Å². The van der Waals surface area contributed by atoms with Gasteiger partial charge in [-0.25, -0.2) is 4.98 Å². The van der Waals surface area contributed by atoms with Crippen LogP contribution in [-0.2, 0) is 0 Å². The molecule has 7 nitrogen and oxygen atoms in total. The van der Waals surface area contributed by atoms with Gasteiger partial charge in [0.15, 0.2) is 0 Å². The summed E-state index contributed by atoms with van der Waals surface area (Å²) in [6, 6.07) is 20.6. The molecule has 0 saturated carbocycles. The summed E-state index contributed by atoms with van der Waals surface area (Å²) in [6.45, 7) is 1.84. The fraction of sp³-hybridized carbons (Fsp3) is 0.0476. The van der Waals surface area contributed by atoms with E-state index in [4.69, 9.17) is 0 Å². The third kappa shape index (κ3) is 4.07. The lowest BCUT2D eigenvalue weighted by molar-refractivity contribution is 0.0846. The minimum atomic E-state index is -0.490. The number of benzene rings is 2. The molecule has 2 amide bonds. The van der Waals surface area contributed by atoms with Gasteiger partial charge in [0, 0.05) is 11.1 Å². The molecule has 4 aromatic rings. The van der Waals surface area contributed by atoms with Crippen molar-refractivity contribution in [3.63, 3.8) is 0 Å². The van der Waals surface area contributed by atoms with Crippen LogP contribution in [0, 0.1) is 6.92 Å². The molecule has 144 valence electrons. The number of H-pyrrole nitrogens is 1. The van der Waals surface area contributed by atoms with Crippen molar-refractivity contribution >= 4 is 23.2 Å². The first-order chi connectivity index (χ1) is 14.1. The standard InChI is InChI=1S/C21H17N5O2S/c1-13-22-18(15-10-6-3-7-11-15)19(29-13)21(28)26-25-20(27)17-12-16(23-24-17)14-8-4-2-5-9-14/h2-12H,1H3,(H,23,24)(H,25,27)(H,26,28). The molecule has 0 aliphatic carbocycles. The Bertz CT molecular complexity index is 1150. The molecule has 2 aromatic heterocycles. The first kappa shape index (κ1) is 18.6. The van der Waals surface area contributed by atoms with Gasteiger partial charge in [0.05, 0.1) is 16.4 Å². The maximum absolute atomic E-state index is 12.6. The molecule has 29 heavy (non-hydrogen) atoms. The number of amides is 2. The molecule has 3 N–H and O–H groups in total. The summed E-state index contributed by atoms with van der Waals surface area (Å²) >= 11 is 1.27. The summed E-state index contributed by atoms with van der Waals surface area (Å²) in [5, 5.41) is 7.59. The van der Waals surface area contributed by atoms with Crippen LogP contribution >= 0.6 is 11.3 Å². The highest BCUT2D eigenvalue weighted by molar-refractivity contribution is 7.14. The maximum Gasteiger partial charge on any atom is 0.287 e. The molecule has 0 radical (unpaired) electrons. The number of carbonyl (C=O) groups excluding carboxylic acids is 2. The Kier molecular flexibility index (Phi) is 5.17. The van der Waals surface area contributed by atoms with E-state index in [1.165, 1.54) is 11.3 Å². The lowest BCUT2D eigenvalue weighted by atomic mass is 10.1. The quantitative estimate of drug-likeness (QED) is 0.454. The van der Waals surface area contributed by atoms with Crippen LogP contribution < -0.4 is 10.9 Å². The van der Waals surface area contributed by atoms with Crippen LogP contribution in [-0.4, -0.2) is 27.0 Å². The molecule has 0 fully saturated rings. The van der Waals surface area contributed by atoms with Gasteiger partial charge < -0.3 is 0 Å². The molecule has 4 rings (SSSR count). The molecule has 0 spiro atoms. The summed E-state index contributed by atoms with van der Waals surface area (Å²) in [5.74, 6) is -0.916. The molecular weight excluding hydrogens is 386 g/mol. The van der Waals surface area contributed by atoms with E-state index in [2.05, 4.69) is 26.0 Å². The minimum Gasteiger partial charge on any atom is -0.272 e. The number of hydrazine groups is 1. The summed E-state index contributed by atoms with van der Waals surface area (Å²) in [7, 11) is 0. The molecular formula is C21H17N5O2S. The van der Waals surface area contributed by atoms with Crippen LogP contribution in [0.25, 0.3) is 22.5 Å². The Balaban J connectivity index is 1.46. The second-order valence-electron chi connectivity index (χ2n) is 6.22. The molecule has 2 aromatic carbocycles. The van der Waals surface area contributed by atoms with E-state index in [9.17, 15) is 9.59 Å². The van der Waals surface area contributed by atoms with Gasteiger partial charge in [-0.1, -0.05) is 60.7 Å². The summed E-state index contributed by atoms with van der Waals surface area (Å²) in [5.41, 5.74) is 8.08. The molecule has 0 atom stereocenters. The molecule has 2 heterocycles. The summed E-state index contributed by atoms with van der Waals surface area (Å²) < 4.78 is 0. The molecule has 0 aliphatic rings. The lowest BCUT2D eigenvalue weighted by Gasteiger charge is -2.06. The van der Waals surface area contributed by atoms with Crippen LogP contribution in [0.1, 0.15) is 25.2 Å². The van der Waals surface area contributed by atoms with Crippen LogP contribution in [0.5, 0.6) is 0 Å². The number of aromatic amines is 1. The molecule has 0 aliphatic heterocycles. The average molecular weight is 403 g/mol. The highest BCUT2D eigenvalue weighted by Crippen LogP contribution is 2.27. The van der Waals surface area contributed by atoms with E-state index in [0.29, 0.717) is 16.3 Å². The number of nitrogens with one attached hydrogen (secondary N) is 3. The smallest absolute Gasteiger partial charge is 0.272 e. The monoisotopic (exact) mass is 403 g/mol. The highest BCUT2D eigenvalue weighted by Gasteiger charge is 2.19. The zero-order valence-corrected chi connectivity index (χ0v) is 16.3. The zero-order valence-electron chi connectivity index (χ0n) is 15.5. The van der Waals surface area contributed by atoms with Gasteiger partial charge in [-0.15, -0.1) is 11.3 Å². The SMILES string of the molecule is Cc1nc(-c2ccccc2)c(C(=O)NNC(=O)c2cc(-c3ccccc3)n[nH]2)s1. The van der Waals surface area contributed by atoms with Gasteiger partial charge >= 0.3 is 0 Å². The first-order valence-corrected chi connectivity index (χ1v) is 9.68. The van der Waals surface area contributed by atoms with E-state index < -0.39 is 11.8 Å². The number of hydrogen-bond donors (Lipinski definition) is 3. The summed E-state index contributed by atoms with van der Waals surface area (Å²) in [4.78, 5) is 29.9. The van der Waals surface area contributed by atoms with Crippen molar-refractivity contribution in [3.05, 3.63) is 82.3 Å². The number of aromatic nitrogens is 3. The van der Waals surface area contributed by atoms with E-state index in [1.807, 2.05) is 67.6 Å². The zero-order chi connectivity index (χ0) is 20.2. The number of thiazole rings is 1. The Labute approximate surface area is 170 Å². The van der Waals surface area contributed by atoms with Gasteiger partial charge in [0.2, 0.25) is 0 Å². The van der Waals surface area contributed by atoms with Crippen molar-refractivity contribution in [3.8, 4) is 22.5 Å². The van der Waals surface area contributed by atoms with Crippen molar-refractivity contribution in [1.82, 2.24) is 26.0 Å². The first-order valence-electron chi connectivity index (χ1n) is 8.86. The third-order valence-electron chi connectivity index (χ3n) is 4.17. The molecule has 0 bridgehead atoms. The fourth-order valence-electron chi connectivity index (χ4n) is 2.81. The maximum atomic E-state index is 12.6. The lowest BCUT2D eigenvalue weighted by Crippen LogP contribution is -2.41. The van der Waals surface area contributed by atoms with Crippen molar-refractivity contribution < 1.29 is 9.59 Å². The average Bonchev–Trinajstić information content (AvgIpc) is 3.40. The van der Waals surface area contributed by atoms with Crippen LogP contribution in [0.15, 0.2) is 66.7 Å². The van der Waals surface area contributed by atoms with Crippen molar-refractivity contribution in [2.75, 3.05) is 0 Å². The number of rotatable bonds is 4. The molecule has 0 unspecified atom stereocenters. The highest BCUT2D eigenvalue weighted by atomic mass is 32.1. The van der Waals surface area contributed by atoms with Gasteiger partial charge in [0.1, 0.15) is 10.6 Å². The predicted octanol–water partition coefficient (Wildman–Crippen LogP) is 3.58. The van der Waals surface area contributed by atoms with Gasteiger partial charge in [-0.05, 0) is 13.0 Å². The van der Waals surface area contributed by atoms with E-state index in [0.717, 1.165) is 16.1 Å². The normalized spacial score (nSPS) is 10.5. The second-order valence-corrected chi connectivity index (χ2v) is 7.42. The molecule has 0 saturated heterocycles. The second kappa shape index (κ2) is 8.07. The number of carbonyl (C=O) groups is 2. The number of hydrogen-bond acceptors (Lipinski definition) is 5. The Hall–Kier alpha value is -3.78. The van der Waals surface area contributed by atoms with Gasteiger partial charge in [0.25, 0.3) is 11.8 Å². The van der Waals surface area contributed by atoms with E-state index in [-0.39, 0.29) is 5.69 Å². The fourth-order valence-corrected chi connectivity index (χ4v) is 3.64. The Morgan fingerprint density at radius 2 is 1.52 bits per heavy atom. The van der Waals surface area contributed by atoms with E-state index in [1.54, 1.807) is 6.07 Å². The van der Waals surface area contributed by atoms with Crippen LogP contribution in [0.4, 0.5) is 0 Å². The van der Waals surface area contributed by atoms with Crippen LogP contribution in [0.2, 0.25) is 0 Å². The number of nitrogens with zero attached hydrogens (tertiary/aromatic N) is 2. The Morgan fingerprint density at radius 3 is 2.21 bits per heavy atom. The van der Waals surface area contributed by atoms with Crippen molar-refractivity contribution in [2.45, 2.75) is 6.92 Å². The Morgan fingerprint density at radius 1 is 0.897 bits per heavy atom. The minimum absolute atomic E-state index is 0.243. The van der Waals surface area contributed by atoms with E-state index >= 15 is 0 Å². The topological polar surface area (TPSA) is 99.8 Å².